The molecule has 21 heavy (non-hydrogen) atoms. The Labute approximate surface area is 123 Å². The minimum atomic E-state index is 0.793. The zero-order valence-corrected chi connectivity index (χ0v) is 11.9. The highest BCUT2D eigenvalue weighted by Gasteiger charge is 2.21. The summed E-state index contributed by atoms with van der Waals surface area (Å²) < 4.78 is 2.19. The van der Waals surface area contributed by atoms with Crippen LogP contribution in [-0.2, 0) is 13.0 Å². The highest BCUT2D eigenvalue weighted by Crippen LogP contribution is 2.32. The average Bonchev–Trinajstić information content (AvgIpc) is 2.94. The monoisotopic (exact) mass is 276 g/mol. The SMILES string of the molecule is Cc1ccc(-c2nnc3n2CCc2ccccc2-3)cc1N. The summed E-state index contributed by atoms with van der Waals surface area (Å²) in [6.07, 6.45) is 1.01. The molecule has 104 valence electrons. The van der Waals surface area contributed by atoms with Crippen molar-refractivity contribution in [3.05, 3.63) is 53.6 Å². The number of hydrogen-bond acceptors (Lipinski definition) is 3. The molecule has 0 amide bonds. The molecule has 0 radical (unpaired) electrons. The second kappa shape index (κ2) is 4.45. The number of rotatable bonds is 1. The average molecular weight is 276 g/mol. The van der Waals surface area contributed by atoms with E-state index in [0.29, 0.717) is 0 Å². The molecular formula is C17H16N4. The van der Waals surface area contributed by atoms with Crippen molar-refractivity contribution in [3.63, 3.8) is 0 Å². The fraction of sp³-hybridized carbons (Fsp3) is 0.176. The van der Waals surface area contributed by atoms with Crippen LogP contribution in [0.5, 0.6) is 0 Å². The second-order valence-corrected chi connectivity index (χ2v) is 5.48. The third kappa shape index (κ3) is 1.83. The van der Waals surface area contributed by atoms with Crippen molar-refractivity contribution in [2.75, 3.05) is 5.73 Å². The molecule has 4 nitrogen and oxygen atoms in total. The summed E-state index contributed by atoms with van der Waals surface area (Å²) in [6.45, 7) is 2.91. The Kier molecular flexibility index (Phi) is 2.57. The van der Waals surface area contributed by atoms with Gasteiger partial charge in [0.1, 0.15) is 0 Å². The summed E-state index contributed by atoms with van der Waals surface area (Å²) in [5.41, 5.74) is 11.4. The van der Waals surface area contributed by atoms with Gasteiger partial charge in [-0.05, 0) is 30.5 Å². The quantitative estimate of drug-likeness (QED) is 0.695. The zero-order chi connectivity index (χ0) is 14.4. The van der Waals surface area contributed by atoms with Gasteiger partial charge in [-0.1, -0.05) is 36.4 Å². The molecule has 0 unspecified atom stereocenters. The molecular weight excluding hydrogens is 260 g/mol. The van der Waals surface area contributed by atoms with Gasteiger partial charge in [-0.3, -0.25) is 0 Å². The van der Waals surface area contributed by atoms with Gasteiger partial charge in [-0.15, -0.1) is 10.2 Å². The van der Waals surface area contributed by atoms with Crippen LogP contribution < -0.4 is 5.73 Å². The molecule has 0 atom stereocenters. The predicted octanol–water partition coefficient (Wildman–Crippen LogP) is 3.06. The van der Waals surface area contributed by atoms with Crippen LogP contribution in [-0.4, -0.2) is 14.8 Å². The van der Waals surface area contributed by atoms with Gasteiger partial charge in [-0.25, -0.2) is 0 Å². The number of nitrogens with zero attached hydrogens (tertiary/aromatic N) is 3. The highest BCUT2D eigenvalue weighted by atomic mass is 15.3. The number of nitrogens with two attached hydrogens (primary N) is 1. The summed E-state index contributed by atoms with van der Waals surface area (Å²) in [4.78, 5) is 0. The van der Waals surface area contributed by atoms with E-state index >= 15 is 0 Å². The third-order valence-electron chi connectivity index (χ3n) is 4.15. The fourth-order valence-electron chi connectivity index (χ4n) is 2.90. The van der Waals surface area contributed by atoms with Crippen LogP contribution in [0.3, 0.4) is 0 Å². The first-order valence-corrected chi connectivity index (χ1v) is 7.12. The number of benzene rings is 2. The fourth-order valence-corrected chi connectivity index (χ4v) is 2.90. The number of aromatic nitrogens is 3. The van der Waals surface area contributed by atoms with Crippen molar-refractivity contribution in [3.8, 4) is 22.8 Å². The van der Waals surface area contributed by atoms with Crippen molar-refractivity contribution in [2.45, 2.75) is 19.9 Å². The lowest BCUT2D eigenvalue weighted by atomic mass is 10.0. The third-order valence-corrected chi connectivity index (χ3v) is 4.15. The molecule has 0 bridgehead atoms. The number of anilines is 1. The lowest BCUT2D eigenvalue weighted by Gasteiger charge is -2.18. The van der Waals surface area contributed by atoms with Crippen molar-refractivity contribution in [2.24, 2.45) is 0 Å². The molecule has 1 aliphatic rings. The van der Waals surface area contributed by atoms with Gasteiger partial charge >= 0.3 is 0 Å². The van der Waals surface area contributed by atoms with Crippen LogP contribution in [0, 0.1) is 6.92 Å². The van der Waals surface area contributed by atoms with Gasteiger partial charge < -0.3 is 10.3 Å². The molecule has 1 aromatic heterocycles. The van der Waals surface area contributed by atoms with Gasteiger partial charge in [-0.2, -0.15) is 0 Å². The second-order valence-electron chi connectivity index (χ2n) is 5.48. The molecule has 2 N–H and O–H groups in total. The van der Waals surface area contributed by atoms with Crippen LogP contribution in [0.4, 0.5) is 5.69 Å². The summed E-state index contributed by atoms with van der Waals surface area (Å²) >= 11 is 0. The minimum Gasteiger partial charge on any atom is -0.398 e. The highest BCUT2D eigenvalue weighted by molar-refractivity contribution is 5.69. The van der Waals surface area contributed by atoms with E-state index in [1.807, 2.05) is 25.1 Å². The molecule has 0 saturated heterocycles. The Morgan fingerprint density at radius 1 is 1.05 bits per heavy atom. The Bertz CT molecular complexity index is 833. The first-order valence-electron chi connectivity index (χ1n) is 7.12. The van der Waals surface area contributed by atoms with Crippen LogP contribution in [0.1, 0.15) is 11.1 Å². The number of fused-ring (bicyclic) bond motifs is 3. The van der Waals surface area contributed by atoms with E-state index in [1.54, 1.807) is 0 Å². The molecule has 2 heterocycles. The Morgan fingerprint density at radius 2 is 1.86 bits per heavy atom. The van der Waals surface area contributed by atoms with E-state index in [0.717, 1.165) is 41.4 Å². The van der Waals surface area contributed by atoms with Gasteiger partial charge in [0.15, 0.2) is 11.6 Å². The molecule has 0 aliphatic carbocycles. The van der Waals surface area contributed by atoms with E-state index in [4.69, 9.17) is 5.73 Å². The summed E-state index contributed by atoms with van der Waals surface area (Å²) in [5.74, 6) is 1.84. The maximum Gasteiger partial charge on any atom is 0.164 e. The number of hydrogen-bond donors (Lipinski definition) is 1. The summed E-state index contributed by atoms with van der Waals surface area (Å²) in [6, 6.07) is 14.5. The van der Waals surface area contributed by atoms with Crippen molar-refractivity contribution >= 4 is 5.69 Å². The molecule has 0 saturated carbocycles. The molecule has 4 rings (SSSR count). The first kappa shape index (κ1) is 12.1. The van der Waals surface area contributed by atoms with Crippen molar-refractivity contribution in [1.29, 1.82) is 0 Å². The predicted molar refractivity (Wildman–Crippen MR) is 83.7 cm³/mol. The maximum atomic E-state index is 6.02. The van der Waals surface area contributed by atoms with Crippen LogP contribution >= 0.6 is 0 Å². The Morgan fingerprint density at radius 3 is 2.71 bits per heavy atom. The van der Waals surface area contributed by atoms with Crippen molar-refractivity contribution < 1.29 is 0 Å². The molecule has 3 aromatic rings. The summed E-state index contributed by atoms with van der Waals surface area (Å²) in [5, 5.41) is 8.79. The number of aryl methyl sites for hydroxylation is 2. The van der Waals surface area contributed by atoms with Gasteiger partial charge in [0, 0.05) is 23.4 Å². The van der Waals surface area contributed by atoms with Gasteiger partial charge in [0.05, 0.1) is 0 Å². The van der Waals surface area contributed by atoms with E-state index in [1.165, 1.54) is 11.1 Å². The Balaban J connectivity index is 1.88. The van der Waals surface area contributed by atoms with E-state index < -0.39 is 0 Å². The van der Waals surface area contributed by atoms with Gasteiger partial charge in [0.2, 0.25) is 0 Å². The maximum absolute atomic E-state index is 6.02. The molecule has 0 fully saturated rings. The topological polar surface area (TPSA) is 56.7 Å². The Hall–Kier alpha value is -2.62. The number of nitrogen functional groups attached to an aromatic ring is 1. The first-order chi connectivity index (χ1) is 10.2. The molecule has 2 aromatic carbocycles. The lowest BCUT2D eigenvalue weighted by Crippen LogP contribution is -2.12. The minimum absolute atomic E-state index is 0.793. The van der Waals surface area contributed by atoms with E-state index in [-0.39, 0.29) is 0 Å². The smallest absolute Gasteiger partial charge is 0.164 e. The molecule has 0 spiro atoms. The zero-order valence-electron chi connectivity index (χ0n) is 11.9. The van der Waals surface area contributed by atoms with Crippen LogP contribution in [0.15, 0.2) is 42.5 Å². The lowest BCUT2D eigenvalue weighted by molar-refractivity contribution is 0.688. The van der Waals surface area contributed by atoms with E-state index in [2.05, 4.69) is 39.0 Å². The van der Waals surface area contributed by atoms with Crippen molar-refractivity contribution in [1.82, 2.24) is 14.8 Å². The molecule has 1 aliphatic heterocycles. The largest absolute Gasteiger partial charge is 0.398 e. The molecule has 4 heteroatoms. The van der Waals surface area contributed by atoms with Crippen LogP contribution in [0.2, 0.25) is 0 Å². The van der Waals surface area contributed by atoms with Gasteiger partial charge in [0.25, 0.3) is 0 Å². The van der Waals surface area contributed by atoms with Crippen LogP contribution in [0.25, 0.3) is 22.8 Å². The normalized spacial score (nSPS) is 12.8. The van der Waals surface area contributed by atoms with E-state index in [9.17, 15) is 0 Å². The standard InChI is InChI=1S/C17H16N4/c1-11-6-7-13(10-15(11)18)16-19-20-17-14-5-3-2-4-12(14)8-9-21(16)17/h2-7,10H,8-9,18H2,1H3. The summed E-state index contributed by atoms with van der Waals surface area (Å²) in [7, 11) is 0.